The zero-order valence-corrected chi connectivity index (χ0v) is 15.6. The van der Waals surface area contributed by atoms with Crippen LogP contribution in [0.2, 0.25) is 0 Å². The molecule has 0 aliphatic carbocycles. The highest BCUT2D eigenvalue weighted by Gasteiger charge is 2.31. The van der Waals surface area contributed by atoms with E-state index in [4.69, 9.17) is 12.2 Å². The monoisotopic (exact) mass is 362 g/mol. The number of nitrogens with one attached hydrogen (secondary N) is 1. The molecule has 0 atom stereocenters. The number of amides is 2. The minimum atomic E-state index is -0.119. The Morgan fingerprint density at radius 3 is 2.71 bits per heavy atom. The van der Waals surface area contributed by atoms with E-state index in [-0.39, 0.29) is 18.2 Å². The van der Waals surface area contributed by atoms with Gasteiger partial charge in [0, 0.05) is 19.5 Å². The van der Waals surface area contributed by atoms with Crippen molar-refractivity contribution in [3.05, 3.63) is 40.3 Å². The first-order valence-electron chi connectivity index (χ1n) is 8.10. The van der Waals surface area contributed by atoms with E-state index in [1.807, 2.05) is 37.3 Å². The molecule has 4 nitrogen and oxygen atoms in total. The Labute approximate surface area is 152 Å². The van der Waals surface area contributed by atoms with E-state index in [0.29, 0.717) is 22.3 Å². The van der Waals surface area contributed by atoms with Crippen LogP contribution in [0.25, 0.3) is 6.08 Å². The maximum Gasteiger partial charge on any atom is 0.266 e. The largest absolute Gasteiger partial charge is 0.356 e. The summed E-state index contributed by atoms with van der Waals surface area (Å²) in [5, 5.41) is 2.85. The Morgan fingerprint density at radius 1 is 1.33 bits per heavy atom. The predicted octanol–water partition coefficient (Wildman–Crippen LogP) is 3.50. The number of rotatable bonds is 7. The fourth-order valence-corrected chi connectivity index (χ4v) is 3.52. The molecule has 6 heteroatoms. The number of nitrogens with zero attached hydrogens (tertiary/aromatic N) is 1. The first-order valence-corrected chi connectivity index (χ1v) is 9.32. The van der Waals surface area contributed by atoms with Crippen molar-refractivity contribution in [1.29, 1.82) is 0 Å². The molecule has 0 bridgehead atoms. The highest BCUT2D eigenvalue weighted by Crippen LogP contribution is 2.32. The van der Waals surface area contributed by atoms with Crippen LogP contribution < -0.4 is 5.32 Å². The first-order chi connectivity index (χ1) is 11.5. The molecule has 1 fully saturated rings. The Morgan fingerprint density at radius 2 is 2.04 bits per heavy atom. The lowest BCUT2D eigenvalue weighted by Gasteiger charge is -2.14. The molecule has 0 aromatic heterocycles. The lowest BCUT2D eigenvalue weighted by Crippen LogP contribution is -2.33. The highest BCUT2D eigenvalue weighted by atomic mass is 32.2. The van der Waals surface area contributed by atoms with Crippen molar-refractivity contribution < 1.29 is 9.59 Å². The van der Waals surface area contributed by atoms with E-state index in [1.54, 1.807) is 0 Å². The normalized spacial score (nSPS) is 16.1. The molecule has 1 saturated heterocycles. The molecule has 1 aliphatic rings. The zero-order valence-electron chi connectivity index (χ0n) is 14.0. The summed E-state index contributed by atoms with van der Waals surface area (Å²) in [7, 11) is 0. The van der Waals surface area contributed by atoms with Crippen molar-refractivity contribution in [3.8, 4) is 0 Å². The van der Waals surface area contributed by atoms with Gasteiger partial charge in [0.05, 0.1) is 4.91 Å². The van der Waals surface area contributed by atoms with Crippen molar-refractivity contribution in [3.63, 3.8) is 0 Å². The fourth-order valence-electron chi connectivity index (χ4n) is 2.21. The highest BCUT2D eigenvalue weighted by molar-refractivity contribution is 8.26. The van der Waals surface area contributed by atoms with Crippen molar-refractivity contribution in [1.82, 2.24) is 10.2 Å². The fraction of sp³-hybridized carbons (Fsp3) is 0.389. The number of hydrogen-bond donors (Lipinski definition) is 1. The first kappa shape index (κ1) is 18.7. The molecule has 24 heavy (non-hydrogen) atoms. The van der Waals surface area contributed by atoms with Gasteiger partial charge in [0.1, 0.15) is 4.32 Å². The molecule has 1 aromatic carbocycles. The van der Waals surface area contributed by atoms with Crippen LogP contribution in [0.1, 0.15) is 37.3 Å². The van der Waals surface area contributed by atoms with Crippen LogP contribution in [0.3, 0.4) is 0 Å². The molecule has 1 aromatic rings. The van der Waals surface area contributed by atoms with Gasteiger partial charge in [0.25, 0.3) is 5.91 Å². The Kier molecular flexibility index (Phi) is 6.99. The average Bonchev–Trinajstić information content (AvgIpc) is 2.82. The number of aryl methyl sites for hydroxylation is 1. The molecule has 0 spiro atoms. The summed E-state index contributed by atoms with van der Waals surface area (Å²) in [5.41, 5.74) is 2.15. The van der Waals surface area contributed by atoms with Gasteiger partial charge in [-0.1, -0.05) is 67.2 Å². The van der Waals surface area contributed by atoms with Crippen LogP contribution in [0, 0.1) is 6.92 Å². The van der Waals surface area contributed by atoms with E-state index in [1.165, 1.54) is 22.2 Å². The second kappa shape index (κ2) is 8.99. The van der Waals surface area contributed by atoms with Gasteiger partial charge in [-0.15, -0.1) is 0 Å². The maximum absolute atomic E-state index is 12.5. The molecular formula is C18H22N2O2S2. The van der Waals surface area contributed by atoms with Gasteiger partial charge >= 0.3 is 0 Å². The van der Waals surface area contributed by atoms with Crippen molar-refractivity contribution in [2.45, 2.75) is 33.1 Å². The molecule has 1 aliphatic heterocycles. The van der Waals surface area contributed by atoms with Gasteiger partial charge in [-0.05, 0) is 25.0 Å². The molecule has 128 valence electrons. The number of benzene rings is 1. The van der Waals surface area contributed by atoms with Gasteiger partial charge in [0.15, 0.2) is 0 Å². The standard InChI is InChI=1S/C18H22N2O2S2/c1-3-4-10-19-16(21)9-11-20-17(22)15(24-18(20)23)12-14-7-5-13(2)6-8-14/h5-8,12H,3-4,9-11H2,1-2H3,(H,19,21)/b15-12-. The SMILES string of the molecule is CCCCNC(=O)CCN1C(=O)/C(=C/c2ccc(C)cc2)SC1=S. The summed E-state index contributed by atoms with van der Waals surface area (Å²) in [5.74, 6) is -0.160. The third kappa shape index (κ3) is 5.18. The van der Waals surface area contributed by atoms with E-state index in [0.717, 1.165) is 18.4 Å². The van der Waals surface area contributed by atoms with Crippen molar-refractivity contribution in [2.75, 3.05) is 13.1 Å². The number of thiocarbonyl (C=S) groups is 1. The number of hydrogen-bond acceptors (Lipinski definition) is 4. The third-order valence-corrected chi connectivity index (χ3v) is 5.04. The maximum atomic E-state index is 12.5. The number of carbonyl (C=O) groups excluding carboxylic acids is 2. The number of thioether (sulfide) groups is 1. The van der Waals surface area contributed by atoms with Crippen LogP contribution in [0.5, 0.6) is 0 Å². The van der Waals surface area contributed by atoms with Crippen molar-refractivity contribution in [2.24, 2.45) is 0 Å². The molecule has 0 radical (unpaired) electrons. The van der Waals surface area contributed by atoms with Gasteiger partial charge in [-0.25, -0.2) is 0 Å². The molecule has 1 heterocycles. The zero-order chi connectivity index (χ0) is 17.5. The number of carbonyl (C=O) groups is 2. The smallest absolute Gasteiger partial charge is 0.266 e. The minimum Gasteiger partial charge on any atom is -0.356 e. The summed E-state index contributed by atoms with van der Waals surface area (Å²) < 4.78 is 0.514. The predicted molar refractivity (Wildman–Crippen MR) is 104 cm³/mol. The lowest BCUT2D eigenvalue weighted by molar-refractivity contribution is -0.123. The van der Waals surface area contributed by atoms with E-state index in [2.05, 4.69) is 12.2 Å². The van der Waals surface area contributed by atoms with Crippen LogP contribution in [0.4, 0.5) is 0 Å². The molecule has 0 saturated carbocycles. The van der Waals surface area contributed by atoms with Crippen LogP contribution in [-0.2, 0) is 9.59 Å². The molecule has 1 N–H and O–H groups in total. The second-order valence-corrected chi connectivity index (χ2v) is 7.37. The quantitative estimate of drug-likeness (QED) is 0.458. The Hall–Kier alpha value is -1.66. The average molecular weight is 363 g/mol. The van der Waals surface area contributed by atoms with Crippen molar-refractivity contribution >= 4 is 46.2 Å². The Balaban J connectivity index is 1.93. The lowest BCUT2D eigenvalue weighted by atomic mass is 10.1. The van der Waals surface area contributed by atoms with E-state index in [9.17, 15) is 9.59 Å². The van der Waals surface area contributed by atoms with E-state index >= 15 is 0 Å². The molecule has 2 amide bonds. The third-order valence-electron chi connectivity index (χ3n) is 3.66. The van der Waals surface area contributed by atoms with Gasteiger partial charge < -0.3 is 5.32 Å². The van der Waals surface area contributed by atoms with Crippen LogP contribution >= 0.6 is 24.0 Å². The number of unbranched alkanes of at least 4 members (excludes halogenated alkanes) is 1. The molecule has 2 rings (SSSR count). The van der Waals surface area contributed by atoms with Gasteiger partial charge in [-0.3, -0.25) is 14.5 Å². The van der Waals surface area contributed by atoms with Crippen LogP contribution in [0.15, 0.2) is 29.2 Å². The summed E-state index contributed by atoms with van der Waals surface area (Å²) in [6.07, 6.45) is 4.12. The summed E-state index contributed by atoms with van der Waals surface area (Å²) >= 11 is 6.58. The summed E-state index contributed by atoms with van der Waals surface area (Å²) in [6.45, 7) is 5.11. The summed E-state index contributed by atoms with van der Waals surface area (Å²) in [6, 6.07) is 7.96. The molecular weight excluding hydrogens is 340 g/mol. The second-order valence-electron chi connectivity index (χ2n) is 5.70. The molecule has 0 unspecified atom stereocenters. The van der Waals surface area contributed by atoms with E-state index < -0.39 is 0 Å². The Bertz CT molecular complexity index is 653. The van der Waals surface area contributed by atoms with Crippen LogP contribution in [-0.4, -0.2) is 34.1 Å². The topological polar surface area (TPSA) is 49.4 Å². The minimum absolute atomic E-state index is 0.0417. The summed E-state index contributed by atoms with van der Waals surface area (Å²) in [4.78, 5) is 26.4. The van der Waals surface area contributed by atoms with Gasteiger partial charge in [-0.2, -0.15) is 0 Å². The van der Waals surface area contributed by atoms with Gasteiger partial charge in [0.2, 0.25) is 5.91 Å².